The summed E-state index contributed by atoms with van der Waals surface area (Å²) in [5, 5.41) is 9.00. The molecule has 0 aromatic heterocycles. The predicted octanol–water partition coefficient (Wildman–Crippen LogP) is 2.97. The van der Waals surface area contributed by atoms with Crippen LogP contribution in [0.5, 0.6) is 5.75 Å². The summed E-state index contributed by atoms with van der Waals surface area (Å²) in [5.41, 5.74) is 4.56. The molecule has 0 N–H and O–H groups in total. The molecule has 0 saturated carbocycles. The van der Waals surface area contributed by atoms with Gasteiger partial charge in [-0.1, -0.05) is 0 Å². The fourth-order valence-corrected chi connectivity index (χ4v) is 2.07. The van der Waals surface area contributed by atoms with Gasteiger partial charge in [-0.15, -0.1) is 0 Å². The minimum Gasteiger partial charge on any atom is -0.496 e. The van der Waals surface area contributed by atoms with Crippen molar-refractivity contribution in [3.63, 3.8) is 0 Å². The van der Waals surface area contributed by atoms with Crippen LogP contribution in [0.1, 0.15) is 23.6 Å². The molecule has 0 aliphatic carbocycles. The lowest BCUT2D eigenvalue weighted by Gasteiger charge is -2.27. The molecule has 92 valence electrons. The van der Waals surface area contributed by atoms with E-state index >= 15 is 0 Å². The van der Waals surface area contributed by atoms with Crippen LogP contribution in [0.2, 0.25) is 0 Å². The Kier molecular flexibility index (Phi) is 4.01. The van der Waals surface area contributed by atoms with Gasteiger partial charge in [-0.05, 0) is 50.5 Å². The van der Waals surface area contributed by atoms with E-state index in [9.17, 15) is 0 Å². The highest BCUT2D eigenvalue weighted by Crippen LogP contribution is 2.33. The lowest BCUT2D eigenvalue weighted by atomic mass is 10.0. The molecular formula is C14H20N2O. The van der Waals surface area contributed by atoms with Crippen molar-refractivity contribution in [1.82, 2.24) is 0 Å². The van der Waals surface area contributed by atoms with Crippen LogP contribution in [0.15, 0.2) is 6.07 Å². The zero-order valence-corrected chi connectivity index (χ0v) is 11.5. The Bertz CT molecular complexity index is 460. The van der Waals surface area contributed by atoms with Gasteiger partial charge in [0.15, 0.2) is 0 Å². The molecule has 3 heteroatoms. The Balaban J connectivity index is 3.36. The van der Waals surface area contributed by atoms with Crippen molar-refractivity contribution in [1.29, 1.82) is 5.26 Å². The van der Waals surface area contributed by atoms with Crippen LogP contribution in [-0.2, 0) is 0 Å². The minimum absolute atomic E-state index is 0.139. The van der Waals surface area contributed by atoms with Crippen LogP contribution in [0, 0.1) is 32.1 Å². The maximum absolute atomic E-state index is 9.00. The van der Waals surface area contributed by atoms with Crippen LogP contribution < -0.4 is 9.64 Å². The highest BCUT2D eigenvalue weighted by Gasteiger charge is 2.17. The van der Waals surface area contributed by atoms with Crippen molar-refractivity contribution in [3.8, 4) is 11.8 Å². The summed E-state index contributed by atoms with van der Waals surface area (Å²) in [5.74, 6) is 0.904. The second kappa shape index (κ2) is 5.09. The summed E-state index contributed by atoms with van der Waals surface area (Å²) in [6.45, 7) is 8.06. The maximum Gasteiger partial charge on any atom is 0.122 e. The van der Waals surface area contributed by atoms with Crippen molar-refractivity contribution < 1.29 is 4.74 Å². The van der Waals surface area contributed by atoms with E-state index in [1.807, 2.05) is 38.8 Å². The molecule has 17 heavy (non-hydrogen) atoms. The van der Waals surface area contributed by atoms with Gasteiger partial charge < -0.3 is 9.64 Å². The summed E-state index contributed by atoms with van der Waals surface area (Å²) < 4.78 is 5.34. The molecule has 1 unspecified atom stereocenters. The monoisotopic (exact) mass is 232 g/mol. The zero-order chi connectivity index (χ0) is 13.2. The first-order chi connectivity index (χ1) is 7.93. The van der Waals surface area contributed by atoms with E-state index < -0.39 is 0 Å². The van der Waals surface area contributed by atoms with Gasteiger partial charge in [0.2, 0.25) is 0 Å². The van der Waals surface area contributed by atoms with E-state index in [0.29, 0.717) is 0 Å². The number of ether oxygens (including phenoxy) is 1. The van der Waals surface area contributed by atoms with Crippen molar-refractivity contribution in [2.24, 2.45) is 0 Å². The molecule has 0 saturated heterocycles. The Hall–Kier alpha value is -1.69. The number of methoxy groups -OCH3 is 1. The minimum atomic E-state index is -0.139. The van der Waals surface area contributed by atoms with Gasteiger partial charge in [0, 0.05) is 12.7 Å². The van der Waals surface area contributed by atoms with Gasteiger partial charge in [0.25, 0.3) is 0 Å². The third-order valence-electron chi connectivity index (χ3n) is 3.35. The Labute approximate surface area is 104 Å². The van der Waals surface area contributed by atoms with Gasteiger partial charge in [-0.25, -0.2) is 0 Å². The van der Waals surface area contributed by atoms with Crippen molar-refractivity contribution in [2.75, 3.05) is 19.1 Å². The number of hydrogen-bond acceptors (Lipinski definition) is 3. The standard InChI is InChI=1S/C14H20N2O/c1-9-7-13(17-6)11(3)12(4)14(9)16(5)10(2)8-15/h7,10H,1-6H3. The van der Waals surface area contributed by atoms with Gasteiger partial charge >= 0.3 is 0 Å². The molecule has 3 nitrogen and oxygen atoms in total. The lowest BCUT2D eigenvalue weighted by molar-refractivity contribution is 0.411. The van der Waals surface area contributed by atoms with Gasteiger partial charge in [-0.2, -0.15) is 5.26 Å². The van der Waals surface area contributed by atoms with E-state index in [-0.39, 0.29) is 6.04 Å². The smallest absolute Gasteiger partial charge is 0.122 e. The number of aryl methyl sites for hydroxylation is 1. The molecule has 0 aliphatic rings. The van der Waals surface area contributed by atoms with E-state index in [2.05, 4.69) is 13.0 Å². The van der Waals surface area contributed by atoms with E-state index in [4.69, 9.17) is 10.00 Å². The summed E-state index contributed by atoms with van der Waals surface area (Å²) in [6, 6.07) is 4.15. The molecule has 1 aromatic rings. The molecule has 1 aromatic carbocycles. The summed E-state index contributed by atoms with van der Waals surface area (Å²) in [4.78, 5) is 2.01. The number of nitrogens with zero attached hydrogens (tertiary/aromatic N) is 2. The molecule has 0 heterocycles. The number of benzene rings is 1. The van der Waals surface area contributed by atoms with Gasteiger partial charge in [-0.3, -0.25) is 0 Å². The second-order valence-corrected chi connectivity index (χ2v) is 4.41. The van der Waals surface area contributed by atoms with Gasteiger partial charge in [0.05, 0.1) is 13.2 Å². The largest absolute Gasteiger partial charge is 0.496 e. The summed E-state index contributed by atoms with van der Waals surface area (Å²) in [7, 11) is 3.64. The van der Waals surface area contributed by atoms with Crippen LogP contribution in [0.4, 0.5) is 5.69 Å². The molecular weight excluding hydrogens is 212 g/mol. The maximum atomic E-state index is 9.00. The van der Waals surface area contributed by atoms with Crippen LogP contribution >= 0.6 is 0 Å². The SMILES string of the molecule is COc1cc(C)c(N(C)C(C)C#N)c(C)c1C. The molecule has 0 amide bonds. The second-order valence-electron chi connectivity index (χ2n) is 4.41. The number of rotatable bonds is 3. The third kappa shape index (κ3) is 2.36. The molecule has 0 spiro atoms. The lowest BCUT2D eigenvalue weighted by Crippen LogP contribution is -2.28. The first kappa shape index (κ1) is 13.4. The van der Waals surface area contributed by atoms with Crippen LogP contribution in [0.25, 0.3) is 0 Å². The molecule has 1 atom stereocenters. The fourth-order valence-electron chi connectivity index (χ4n) is 2.07. The van der Waals surface area contributed by atoms with Crippen molar-refractivity contribution in [3.05, 3.63) is 22.8 Å². The number of hydrogen-bond donors (Lipinski definition) is 0. The van der Waals surface area contributed by atoms with Crippen molar-refractivity contribution in [2.45, 2.75) is 33.7 Å². The van der Waals surface area contributed by atoms with Crippen molar-refractivity contribution >= 4 is 5.69 Å². The third-order valence-corrected chi connectivity index (χ3v) is 3.35. The Morgan fingerprint density at radius 1 is 1.29 bits per heavy atom. The van der Waals surface area contributed by atoms with Crippen LogP contribution in [0.3, 0.4) is 0 Å². The topological polar surface area (TPSA) is 36.3 Å². The molecule has 0 aliphatic heterocycles. The average Bonchev–Trinajstić information content (AvgIpc) is 2.32. The van der Waals surface area contributed by atoms with Gasteiger partial charge in [0.1, 0.15) is 11.8 Å². The van der Waals surface area contributed by atoms with E-state index in [0.717, 1.165) is 22.6 Å². The molecule has 0 bridgehead atoms. The zero-order valence-electron chi connectivity index (χ0n) is 11.5. The molecule has 0 radical (unpaired) electrons. The molecule has 0 fully saturated rings. The average molecular weight is 232 g/mol. The first-order valence-corrected chi connectivity index (χ1v) is 5.71. The first-order valence-electron chi connectivity index (χ1n) is 5.71. The summed E-state index contributed by atoms with van der Waals surface area (Å²) >= 11 is 0. The number of anilines is 1. The Morgan fingerprint density at radius 3 is 2.35 bits per heavy atom. The van der Waals surface area contributed by atoms with E-state index in [1.165, 1.54) is 5.56 Å². The predicted molar refractivity (Wildman–Crippen MR) is 70.7 cm³/mol. The Morgan fingerprint density at radius 2 is 1.88 bits per heavy atom. The normalized spacial score (nSPS) is 11.8. The highest BCUT2D eigenvalue weighted by atomic mass is 16.5. The number of nitriles is 1. The quantitative estimate of drug-likeness (QED) is 0.804. The van der Waals surface area contributed by atoms with E-state index in [1.54, 1.807) is 7.11 Å². The van der Waals surface area contributed by atoms with Crippen LogP contribution in [-0.4, -0.2) is 20.2 Å². The molecule has 1 rings (SSSR count). The summed E-state index contributed by atoms with van der Waals surface area (Å²) in [6.07, 6.45) is 0. The highest BCUT2D eigenvalue weighted by molar-refractivity contribution is 5.65. The fraction of sp³-hybridized carbons (Fsp3) is 0.500.